The summed E-state index contributed by atoms with van der Waals surface area (Å²) in [6.07, 6.45) is 1.61. The van der Waals surface area contributed by atoms with Gasteiger partial charge in [-0.05, 0) is 36.1 Å². The van der Waals surface area contributed by atoms with E-state index in [4.69, 9.17) is 22.6 Å². The van der Waals surface area contributed by atoms with Gasteiger partial charge in [-0.25, -0.2) is 4.99 Å². The number of aliphatic imine (C=N–C) groups is 1. The number of halogens is 1. The van der Waals surface area contributed by atoms with Crippen LogP contribution < -0.4 is 5.73 Å². The van der Waals surface area contributed by atoms with Crippen LogP contribution in [0, 0.1) is 11.3 Å². The van der Waals surface area contributed by atoms with E-state index in [1.807, 2.05) is 26.0 Å². The molecular weight excluding hydrogens is 234 g/mol. The Morgan fingerprint density at radius 1 is 1.35 bits per heavy atom. The van der Waals surface area contributed by atoms with Gasteiger partial charge >= 0.3 is 0 Å². The van der Waals surface area contributed by atoms with Crippen molar-refractivity contribution in [3.8, 4) is 6.07 Å². The van der Waals surface area contributed by atoms with Crippen molar-refractivity contribution in [1.29, 1.82) is 5.26 Å². The Bertz CT molecular complexity index is 447. The van der Waals surface area contributed by atoms with E-state index in [0.29, 0.717) is 5.84 Å². The van der Waals surface area contributed by atoms with Gasteiger partial charge in [-0.2, -0.15) is 5.26 Å². The fourth-order valence-electron chi connectivity index (χ4n) is 1.71. The highest BCUT2D eigenvalue weighted by Crippen LogP contribution is 2.23. The van der Waals surface area contributed by atoms with Crippen molar-refractivity contribution in [1.82, 2.24) is 0 Å². The smallest absolute Gasteiger partial charge is 0.115 e. The van der Waals surface area contributed by atoms with Crippen molar-refractivity contribution < 1.29 is 0 Å². The van der Waals surface area contributed by atoms with Crippen LogP contribution in [0.5, 0.6) is 0 Å². The predicted octanol–water partition coefficient (Wildman–Crippen LogP) is 2.91. The molecule has 0 bridgehead atoms. The van der Waals surface area contributed by atoms with Crippen LogP contribution in [0.4, 0.5) is 5.69 Å². The van der Waals surface area contributed by atoms with Gasteiger partial charge in [0.1, 0.15) is 5.84 Å². The molecule has 17 heavy (non-hydrogen) atoms. The number of nitrogens with zero attached hydrogens (tertiary/aromatic N) is 2. The minimum absolute atomic E-state index is 0.211. The average molecular weight is 250 g/mol. The van der Waals surface area contributed by atoms with Crippen molar-refractivity contribution in [2.24, 2.45) is 10.7 Å². The maximum absolute atomic E-state index is 9.15. The van der Waals surface area contributed by atoms with Crippen molar-refractivity contribution in [2.45, 2.75) is 26.7 Å². The topological polar surface area (TPSA) is 62.2 Å². The molecule has 1 aromatic carbocycles. The molecule has 2 N–H and O–H groups in total. The van der Waals surface area contributed by atoms with Gasteiger partial charge in [0.15, 0.2) is 0 Å². The number of nitriles is 1. The van der Waals surface area contributed by atoms with Crippen LogP contribution in [0.2, 0.25) is 0 Å². The molecule has 0 saturated heterocycles. The zero-order valence-electron chi connectivity index (χ0n) is 10.1. The highest BCUT2D eigenvalue weighted by atomic mass is 35.5. The van der Waals surface area contributed by atoms with Crippen LogP contribution in [0.25, 0.3) is 0 Å². The Balaban J connectivity index is 3.33. The van der Waals surface area contributed by atoms with Crippen LogP contribution in [-0.2, 0) is 12.8 Å². The first kappa shape index (κ1) is 13.5. The highest BCUT2D eigenvalue weighted by Gasteiger charge is 2.08. The van der Waals surface area contributed by atoms with Gasteiger partial charge in [0, 0.05) is 0 Å². The summed E-state index contributed by atoms with van der Waals surface area (Å²) in [5.74, 6) is 0.601. The van der Waals surface area contributed by atoms with Crippen LogP contribution in [0.1, 0.15) is 30.5 Å². The SMILES string of the molecule is CCc1cc(N=C(N)CCl)cc(CC)c1C#N. The number of alkyl halides is 1. The lowest BCUT2D eigenvalue weighted by Crippen LogP contribution is -2.12. The van der Waals surface area contributed by atoms with Crippen molar-refractivity contribution in [3.63, 3.8) is 0 Å². The number of rotatable bonds is 4. The van der Waals surface area contributed by atoms with Gasteiger partial charge in [-0.1, -0.05) is 13.8 Å². The summed E-state index contributed by atoms with van der Waals surface area (Å²) < 4.78 is 0. The second kappa shape index (κ2) is 6.27. The molecule has 0 spiro atoms. The van der Waals surface area contributed by atoms with Gasteiger partial charge in [-0.3, -0.25) is 0 Å². The number of hydrogen-bond donors (Lipinski definition) is 1. The Kier molecular flexibility index (Phi) is 4.99. The molecule has 0 saturated carbocycles. The van der Waals surface area contributed by atoms with Gasteiger partial charge < -0.3 is 5.73 Å². The third-order valence-electron chi connectivity index (χ3n) is 2.57. The molecule has 0 amide bonds. The fraction of sp³-hybridized carbons (Fsp3) is 0.385. The molecule has 0 heterocycles. The molecule has 1 aromatic rings. The maximum atomic E-state index is 9.15. The summed E-state index contributed by atoms with van der Waals surface area (Å²) in [5.41, 5.74) is 9.16. The van der Waals surface area contributed by atoms with Crippen LogP contribution in [0.3, 0.4) is 0 Å². The Morgan fingerprint density at radius 2 is 1.88 bits per heavy atom. The van der Waals surface area contributed by atoms with E-state index >= 15 is 0 Å². The number of amidine groups is 1. The number of aryl methyl sites for hydroxylation is 2. The number of hydrogen-bond acceptors (Lipinski definition) is 2. The Hall–Kier alpha value is -1.53. The molecule has 0 aliphatic heterocycles. The molecule has 0 aromatic heterocycles. The third kappa shape index (κ3) is 3.21. The highest BCUT2D eigenvalue weighted by molar-refractivity contribution is 6.28. The monoisotopic (exact) mass is 249 g/mol. The zero-order chi connectivity index (χ0) is 12.8. The van der Waals surface area contributed by atoms with E-state index < -0.39 is 0 Å². The lowest BCUT2D eigenvalue weighted by atomic mass is 9.97. The first-order valence-electron chi connectivity index (χ1n) is 5.61. The second-order valence-corrected chi connectivity index (χ2v) is 3.96. The summed E-state index contributed by atoms with van der Waals surface area (Å²) >= 11 is 5.60. The van der Waals surface area contributed by atoms with Crippen molar-refractivity contribution in [3.05, 3.63) is 28.8 Å². The lowest BCUT2D eigenvalue weighted by molar-refractivity contribution is 1.07. The summed E-state index contributed by atoms with van der Waals surface area (Å²) in [5, 5.41) is 9.15. The molecule has 0 unspecified atom stereocenters. The summed E-state index contributed by atoms with van der Waals surface area (Å²) in [6, 6.07) is 6.05. The summed E-state index contributed by atoms with van der Waals surface area (Å²) in [7, 11) is 0. The summed E-state index contributed by atoms with van der Waals surface area (Å²) in [6.45, 7) is 4.04. The van der Waals surface area contributed by atoms with E-state index in [0.717, 1.165) is 35.2 Å². The minimum atomic E-state index is 0.211. The normalized spacial score (nSPS) is 11.3. The molecule has 90 valence electrons. The molecule has 0 radical (unpaired) electrons. The van der Waals surface area contributed by atoms with E-state index in [1.54, 1.807) is 0 Å². The fourth-order valence-corrected chi connectivity index (χ4v) is 1.77. The minimum Gasteiger partial charge on any atom is -0.386 e. The van der Waals surface area contributed by atoms with Gasteiger partial charge in [0.25, 0.3) is 0 Å². The molecule has 0 atom stereocenters. The molecule has 3 nitrogen and oxygen atoms in total. The first-order chi connectivity index (χ1) is 8.15. The molecule has 0 aliphatic rings. The van der Waals surface area contributed by atoms with Gasteiger partial charge in [0.05, 0.1) is 23.2 Å². The van der Waals surface area contributed by atoms with E-state index in [1.165, 1.54) is 0 Å². The van der Waals surface area contributed by atoms with E-state index in [2.05, 4.69) is 11.1 Å². The van der Waals surface area contributed by atoms with Crippen molar-refractivity contribution >= 4 is 23.1 Å². The lowest BCUT2D eigenvalue weighted by Gasteiger charge is -2.08. The van der Waals surface area contributed by atoms with Crippen molar-refractivity contribution in [2.75, 3.05) is 5.88 Å². The zero-order valence-corrected chi connectivity index (χ0v) is 10.9. The molecule has 0 fully saturated rings. The van der Waals surface area contributed by atoms with Gasteiger partial charge in [-0.15, -0.1) is 11.6 Å². The van der Waals surface area contributed by atoms with Crippen LogP contribution in [-0.4, -0.2) is 11.7 Å². The maximum Gasteiger partial charge on any atom is 0.115 e. The molecule has 0 aliphatic carbocycles. The Labute approximate surface area is 107 Å². The Morgan fingerprint density at radius 3 is 2.24 bits per heavy atom. The van der Waals surface area contributed by atoms with E-state index in [-0.39, 0.29) is 5.88 Å². The van der Waals surface area contributed by atoms with E-state index in [9.17, 15) is 0 Å². The summed E-state index contributed by atoms with van der Waals surface area (Å²) in [4.78, 5) is 4.22. The molecular formula is C13H16ClN3. The third-order valence-corrected chi connectivity index (χ3v) is 2.84. The predicted molar refractivity (Wildman–Crippen MR) is 71.9 cm³/mol. The number of benzene rings is 1. The van der Waals surface area contributed by atoms with Crippen LogP contribution >= 0.6 is 11.6 Å². The second-order valence-electron chi connectivity index (χ2n) is 3.69. The average Bonchev–Trinajstić information content (AvgIpc) is 2.37. The first-order valence-corrected chi connectivity index (χ1v) is 6.14. The molecule has 1 rings (SSSR count). The molecule has 4 heteroatoms. The van der Waals surface area contributed by atoms with Crippen LogP contribution in [0.15, 0.2) is 17.1 Å². The standard InChI is InChI=1S/C13H16ClN3/c1-3-9-5-11(17-13(16)7-14)6-10(4-2)12(9)8-15/h5-6H,3-4,7H2,1-2H3,(H2,16,17). The largest absolute Gasteiger partial charge is 0.386 e. The number of nitrogens with two attached hydrogens (primary N) is 1. The van der Waals surface area contributed by atoms with Gasteiger partial charge in [0.2, 0.25) is 0 Å². The quantitative estimate of drug-likeness (QED) is 0.507.